The smallest absolute Gasteiger partial charge is 0.00900 e. The molecule has 6 unspecified atom stereocenters. The highest BCUT2D eigenvalue weighted by atomic mass is 14.6. The van der Waals surface area contributed by atoms with Crippen molar-refractivity contribution in [1.29, 1.82) is 0 Å². The number of hydrogen-bond acceptors (Lipinski definition) is 0. The summed E-state index contributed by atoms with van der Waals surface area (Å²) < 4.78 is 0. The molecule has 2 saturated carbocycles. The average molecular weight is 381 g/mol. The van der Waals surface area contributed by atoms with Crippen molar-refractivity contribution in [3.05, 3.63) is 82.9 Å². The predicted octanol–water partition coefficient (Wildman–Crippen LogP) is 7.69. The third kappa shape index (κ3) is 2.57. The summed E-state index contributed by atoms with van der Waals surface area (Å²) in [6.45, 7) is 5.21. The summed E-state index contributed by atoms with van der Waals surface area (Å²) in [5.41, 5.74) is 6.51. The highest BCUT2D eigenvalue weighted by Crippen LogP contribution is 2.61. The van der Waals surface area contributed by atoms with E-state index in [0.717, 1.165) is 35.5 Å². The van der Waals surface area contributed by atoms with Gasteiger partial charge in [-0.1, -0.05) is 86.7 Å². The van der Waals surface area contributed by atoms with E-state index in [1.165, 1.54) is 36.8 Å². The van der Waals surface area contributed by atoms with Gasteiger partial charge in [-0.2, -0.15) is 0 Å². The molecule has 4 aliphatic rings. The van der Waals surface area contributed by atoms with Crippen molar-refractivity contribution in [1.82, 2.24) is 0 Å². The standard InChI is InChI=1S/C29H32/c1-29(2,27-17-15-23-21-9-5-3-7-19(21)11-13-25(23)27)28-18-16-24-22-10-6-4-8-20(22)12-14-26(24)28/h3-14,23-28H,15-18H2,1-2H3. The van der Waals surface area contributed by atoms with Crippen LogP contribution in [0.25, 0.3) is 12.2 Å². The van der Waals surface area contributed by atoms with Crippen LogP contribution in [0.15, 0.2) is 60.7 Å². The minimum absolute atomic E-state index is 0.381. The molecular formula is C29H32. The van der Waals surface area contributed by atoms with E-state index in [1.54, 1.807) is 11.1 Å². The zero-order chi connectivity index (χ0) is 19.6. The Kier molecular flexibility index (Phi) is 3.95. The maximum Gasteiger partial charge on any atom is -0.00900 e. The second-order valence-electron chi connectivity index (χ2n) is 10.5. The molecule has 0 aromatic heterocycles. The summed E-state index contributed by atoms with van der Waals surface area (Å²) in [6, 6.07) is 18.2. The largest absolute Gasteiger partial charge is 0.0799 e. The highest BCUT2D eigenvalue weighted by Gasteiger charge is 2.52. The number of allylic oxidation sites excluding steroid dienone is 2. The van der Waals surface area contributed by atoms with E-state index in [4.69, 9.17) is 0 Å². The predicted molar refractivity (Wildman–Crippen MR) is 123 cm³/mol. The fourth-order valence-electron chi connectivity index (χ4n) is 7.75. The quantitative estimate of drug-likeness (QED) is 0.501. The van der Waals surface area contributed by atoms with Crippen LogP contribution in [-0.4, -0.2) is 0 Å². The minimum atomic E-state index is 0.381. The van der Waals surface area contributed by atoms with Crippen LogP contribution in [-0.2, 0) is 0 Å². The molecule has 0 spiro atoms. The Hall–Kier alpha value is -2.08. The zero-order valence-corrected chi connectivity index (χ0v) is 17.7. The van der Waals surface area contributed by atoms with Crippen molar-refractivity contribution in [2.75, 3.05) is 0 Å². The molecule has 0 amide bonds. The Morgan fingerprint density at radius 3 is 1.55 bits per heavy atom. The molecule has 0 nitrogen and oxygen atoms in total. The molecule has 0 aliphatic heterocycles. The van der Waals surface area contributed by atoms with Crippen LogP contribution in [0.5, 0.6) is 0 Å². The summed E-state index contributed by atoms with van der Waals surface area (Å²) in [5, 5.41) is 0. The monoisotopic (exact) mass is 380 g/mol. The summed E-state index contributed by atoms with van der Waals surface area (Å²) in [6.07, 6.45) is 15.5. The maximum atomic E-state index is 2.61. The summed E-state index contributed by atoms with van der Waals surface area (Å²) in [4.78, 5) is 0. The molecule has 2 aromatic carbocycles. The van der Waals surface area contributed by atoms with Crippen molar-refractivity contribution in [3.8, 4) is 0 Å². The summed E-state index contributed by atoms with van der Waals surface area (Å²) in [7, 11) is 0. The second-order valence-corrected chi connectivity index (χ2v) is 10.5. The fourth-order valence-corrected chi connectivity index (χ4v) is 7.75. The zero-order valence-electron chi connectivity index (χ0n) is 17.7. The molecule has 6 rings (SSSR count). The third-order valence-corrected chi connectivity index (χ3v) is 9.13. The topological polar surface area (TPSA) is 0 Å². The van der Waals surface area contributed by atoms with Gasteiger partial charge >= 0.3 is 0 Å². The molecule has 4 aliphatic carbocycles. The van der Waals surface area contributed by atoms with E-state index in [2.05, 4.69) is 86.7 Å². The van der Waals surface area contributed by atoms with Crippen molar-refractivity contribution >= 4 is 12.2 Å². The Morgan fingerprint density at radius 1 is 0.621 bits per heavy atom. The van der Waals surface area contributed by atoms with Crippen LogP contribution >= 0.6 is 0 Å². The SMILES string of the molecule is CC(C)(C1CCC2c3ccccc3C=CC21)C1CCC2c3ccccc3C=CC21. The Labute approximate surface area is 175 Å². The van der Waals surface area contributed by atoms with Gasteiger partial charge in [0.15, 0.2) is 0 Å². The molecule has 0 saturated heterocycles. The molecule has 29 heavy (non-hydrogen) atoms. The van der Waals surface area contributed by atoms with Crippen LogP contribution in [0, 0.1) is 29.1 Å². The van der Waals surface area contributed by atoms with Gasteiger partial charge in [-0.3, -0.25) is 0 Å². The maximum absolute atomic E-state index is 2.61. The molecule has 148 valence electrons. The molecular weight excluding hydrogens is 348 g/mol. The first-order valence-electron chi connectivity index (χ1n) is 11.7. The van der Waals surface area contributed by atoms with Crippen LogP contribution in [0.1, 0.15) is 73.6 Å². The van der Waals surface area contributed by atoms with E-state index < -0.39 is 0 Å². The fraction of sp³-hybridized carbons (Fsp3) is 0.448. The Balaban J connectivity index is 1.31. The molecule has 0 heteroatoms. The number of fused-ring (bicyclic) bond motifs is 6. The lowest BCUT2D eigenvalue weighted by molar-refractivity contribution is 0.0778. The lowest BCUT2D eigenvalue weighted by Crippen LogP contribution is -2.37. The van der Waals surface area contributed by atoms with Crippen LogP contribution in [0.3, 0.4) is 0 Å². The minimum Gasteiger partial charge on any atom is -0.0799 e. The van der Waals surface area contributed by atoms with E-state index >= 15 is 0 Å². The van der Waals surface area contributed by atoms with Crippen molar-refractivity contribution in [2.24, 2.45) is 29.1 Å². The van der Waals surface area contributed by atoms with Crippen molar-refractivity contribution in [3.63, 3.8) is 0 Å². The van der Waals surface area contributed by atoms with E-state index in [-0.39, 0.29) is 0 Å². The van der Waals surface area contributed by atoms with Gasteiger partial charge in [0.1, 0.15) is 0 Å². The molecule has 2 aromatic rings. The van der Waals surface area contributed by atoms with Gasteiger partial charge in [0.2, 0.25) is 0 Å². The second kappa shape index (κ2) is 6.46. The molecule has 0 bridgehead atoms. The number of rotatable bonds is 2. The first-order chi connectivity index (χ1) is 14.1. The number of hydrogen-bond donors (Lipinski definition) is 0. The van der Waals surface area contributed by atoms with Crippen LogP contribution in [0.4, 0.5) is 0 Å². The molecule has 0 heterocycles. The van der Waals surface area contributed by atoms with E-state index in [0.29, 0.717) is 5.41 Å². The summed E-state index contributed by atoms with van der Waals surface area (Å²) >= 11 is 0. The van der Waals surface area contributed by atoms with Crippen LogP contribution < -0.4 is 0 Å². The third-order valence-electron chi connectivity index (χ3n) is 9.13. The molecule has 6 atom stereocenters. The normalized spacial score (nSPS) is 34.4. The van der Waals surface area contributed by atoms with Crippen molar-refractivity contribution in [2.45, 2.75) is 51.4 Å². The first-order valence-corrected chi connectivity index (χ1v) is 11.7. The molecule has 0 radical (unpaired) electrons. The Morgan fingerprint density at radius 2 is 1.07 bits per heavy atom. The van der Waals surface area contributed by atoms with Gasteiger partial charge < -0.3 is 0 Å². The summed E-state index contributed by atoms with van der Waals surface area (Å²) in [5.74, 6) is 4.51. The molecule has 2 fully saturated rings. The van der Waals surface area contributed by atoms with Crippen molar-refractivity contribution < 1.29 is 0 Å². The Bertz CT molecular complexity index is 911. The lowest BCUT2D eigenvalue weighted by Gasteiger charge is -2.44. The van der Waals surface area contributed by atoms with E-state index in [1.807, 2.05) is 0 Å². The number of benzene rings is 2. The lowest BCUT2D eigenvalue weighted by atomic mass is 9.60. The van der Waals surface area contributed by atoms with Gasteiger partial charge in [-0.25, -0.2) is 0 Å². The average Bonchev–Trinajstić information content (AvgIpc) is 3.39. The highest BCUT2D eigenvalue weighted by molar-refractivity contribution is 5.60. The van der Waals surface area contributed by atoms with Gasteiger partial charge in [-0.15, -0.1) is 0 Å². The van der Waals surface area contributed by atoms with Gasteiger partial charge in [0, 0.05) is 0 Å². The van der Waals surface area contributed by atoms with E-state index in [9.17, 15) is 0 Å². The molecule has 0 N–H and O–H groups in total. The van der Waals surface area contributed by atoms with Gasteiger partial charge in [-0.05, 0) is 88.9 Å². The van der Waals surface area contributed by atoms with Gasteiger partial charge in [0.25, 0.3) is 0 Å². The first kappa shape index (κ1) is 17.8. The van der Waals surface area contributed by atoms with Gasteiger partial charge in [0.05, 0.1) is 0 Å². The van der Waals surface area contributed by atoms with Crippen LogP contribution in [0.2, 0.25) is 0 Å².